The molecule has 1 unspecified atom stereocenters. The van der Waals surface area contributed by atoms with Crippen molar-refractivity contribution >= 4 is 17.5 Å². The van der Waals surface area contributed by atoms with Gasteiger partial charge in [0, 0.05) is 0 Å². The van der Waals surface area contributed by atoms with Crippen LogP contribution in [0.3, 0.4) is 0 Å². The van der Waals surface area contributed by atoms with E-state index in [9.17, 15) is 4.79 Å². The number of hydrogen-bond donors (Lipinski definition) is 3. The van der Waals surface area contributed by atoms with Gasteiger partial charge in [-0.2, -0.15) is 4.98 Å². The van der Waals surface area contributed by atoms with Gasteiger partial charge in [0.05, 0.1) is 12.8 Å². The molecule has 7 heteroatoms. The van der Waals surface area contributed by atoms with Gasteiger partial charge < -0.3 is 20.7 Å². The maximum Gasteiger partial charge on any atom is 0.277 e. The number of rotatable bonds is 1. The second-order valence-corrected chi connectivity index (χ2v) is 4.43. The maximum absolute atomic E-state index is 11.7. The second-order valence-electron chi connectivity index (χ2n) is 4.43. The summed E-state index contributed by atoms with van der Waals surface area (Å²) in [6.07, 6.45) is 2.20. The third-order valence-electron chi connectivity index (χ3n) is 3.17. The Morgan fingerprint density at radius 1 is 1.42 bits per heavy atom. The summed E-state index contributed by atoms with van der Waals surface area (Å²) in [6.45, 7) is 6.58. The molecule has 0 radical (unpaired) electrons. The Morgan fingerprint density at radius 3 is 2.79 bits per heavy atom. The highest BCUT2D eigenvalue weighted by atomic mass is 16.5. The van der Waals surface area contributed by atoms with Gasteiger partial charge in [-0.15, -0.1) is 0 Å². The van der Waals surface area contributed by atoms with Crippen LogP contribution in [-0.4, -0.2) is 29.0 Å². The van der Waals surface area contributed by atoms with Crippen molar-refractivity contribution < 1.29 is 4.74 Å². The molecule has 7 nitrogen and oxygen atoms in total. The van der Waals surface area contributed by atoms with Crippen LogP contribution in [0.5, 0.6) is 0 Å². The molecule has 1 fully saturated rings. The SMILES string of the molecule is CC.C[C@@H]1CCC(N2CNc3c2nc(N)[nH]c3=O)O1. The van der Waals surface area contributed by atoms with Crippen molar-refractivity contribution in [3.05, 3.63) is 10.4 Å². The smallest absolute Gasteiger partial charge is 0.277 e. The van der Waals surface area contributed by atoms with E-state index in [2.05, 4.69) is 15.3 Å². The standard InChI is InChI=1S/C10H15N5O2.C2H6/c1-5-2-3-6(17-5)15-4-12-7-8(15)13-10(11)14-9(7)16;1-2/h5-6,12H,2-4H2,1H3,(H3,11,13,14,16);1-2H3/t5-,6?;/m1./s1. The number of hydrogen-bond acceptors (Lipinski definition) is 6. The largest absolute Gasteiger partial charge is 0.369 e. The van der Waals surface area contributed by atoms with Crippen molar-refractivity contribution in [2.24, 2.45) is 0 Å². The summed E-state index contributed by atoms with van der Waals surface area (Å²) in [7, 11) is 0. The first-order chi connectivity index (χ1) is 9.15. The van der Waals surface area contributed by atoms with Gasteiger partial charge >= 0.3 is 0 Å². The highest BCUT2D eigenvalue weighted by Gasteiger charge is 2.34. The summed E-state index contributed by atoms with van der Waals surface area (Å²) in [4.78, 5) is 20.2. The van der Waals surface area contributed by atoms with Gasteiger partial charge in [0.15, 0.2) is 5.82 Å². The van der Waals surface area contributed by atoms with E-state index in [-0.39, 0.29) is 23.8 Å². The molecule has 4 N–H and O–H groups in total. The molecule has 2 aliphatic heterocycles. The Bertz CT molecular complexity index is 501. The molecule has 1 aromatic heterocycles. The average Bonchev–Trinajstić information content (AvgIpc) is 2.97. The Hall–Kier alpha value is -1.76. The number of nitrogens with one attached hydrogen (secondary N) is 2. The molecule has 0 saturated carbocycles. The van der Waals surface area contributed by atoms with Gasteiger partial charge in [0.25, 0.3) is 5.56 Å². The fourth-order valence-corrected chi connectivity index (χ4v) is 2.33. The van der Waals surface area contributed by atoms with E-state index in [4.69, 9.17) is 10.5 Å². The zero-order valence-electron chi connectivity index (χ0n) is 11.6. The van der Waals surface area contributed by atoms with Crippen molar-refractivity contribution in [3.8, 4) is 0 Å². The summed E-state index contributed by atoms with van der Waals surface area (Å²) >= 11 is 0. The summed E-state index contributed by atoms with van der Waals surface area (Å²) < 4.78 is 5.77. The average molecular weight is 267 g/mol. The van der Waals surface area contributed by atoms with E-state index < -0.39 is 0 Å². The molecular formula is C12H21N5O2. The van der Waals surface area contributed by atoms with Gasteiger partial charge in [0.2, 0.25) is 5.95 Å². The number of aromatic nitrogens is 2. The lowest BCUT2D eigenvalue weighted by Gasteiger charge is -2.24. The third kappa shape index (κ3) is 2.51. The van der Waals surface area contributed by atoms with Crippen molar-refractivity contribution in [1.29, 1.82) is 0 Å². The second kappa shape index (κ2) is 5.48. The summed E-state index contributed by atoms with van der Waals surface area (Å²) in [6, 6.07) is 0. The molecule has 0 spiro atoms. The lowest BCUT2D eigenvalue weighted by Crippen LogP contribution is -2.35. The highest BCUT2D eigenvalue weighted by Crippen LogP contribution is 2.32. The van der Waals surface area contributed by atoms with E-state index >= 15 is 0 Å². The van der Waals surface area contributed by atoms with E-state index in [0.717, 1.165) is 12.8 Å². The first kappa shape index (κ1) is 13.7. The number of nitrogens with zero attached hydrogens (tertiary/aromatic N) is 2. The van der Waals surface area contributed by atoms with E-state index in [1.807, 2.05) is 25.7 Å². The predicted molar refractivity (Wildman–Crippen MR) is 75.2 cm³/mol. The predicted octanol–water partition coefficient (Wildman–Crippen LogP) is 1.09. The Labute approximate surface area is 112 Å². The van der Waals surface area contributed by atoms with Crippen LogP contribution in [0.15, 0.2) is 4.79 Å². The van der Waals surface area contributed by atoms with E-state index in [1.165, 1.54) is 0 Å². The lowest BCUT2D eigenvalue weighted by atomic mass is 10.2. The van der Waals surface area contributed by atoms with Crippen molar-refractivity contribution in [2.45, 2.75) is 45.9 Å². The van der Waals surface area contributed by atoms with Gasteiger partial charge in [-0.3, -0.25) is 9.78 Å². The molecule has 19 heavy (non-hydrogen) atoms. The minimum absolute atomic E-state index is 0.0209. The zero-order valence-corrected chi connectivity index (χ0v) is 11.6. The van der Waals surface area contributed by atoms with Crippen LogP contribution in [0.2, 0.25) is 0 Å². The Balaban J connectivity index is 0.000000637. The molecule has 1 saturated heterocycles. The number of fused-ring (bicyclic) bond motifs is 1. The number of nitrogen functional groups attached to an aromatic ring is 1. The number of nitrogens with two attached hydrogens (primary N) is 1. The Kier molecular flexibility index (Phi) is 3.94. The highest BCUT2D eigenvalue weighted by molar-refractivity contribution is 5.70. The number of ether oxygens (including phenoxy) is 1. The molecule has 0 amide bonds. The first-order valence-corrected chi connectivity index (χ1v) is 6.71. The normalized spacial score (nSPS) is 24.5. The van der Waals surface area contributed by atoms with Gasteiger partial charge in [-0.1, -0.05) is 13.8 Å². The quantitative estimate of drug-likeness (QED) is 0.705. The van der Waals surface area contributed by atoms with Crippen LogP contribution in [0.4, 0.5) is 17.5 Å². The third-order valence-corrected chi connectivity index (χ3v) is 3.17. The molecular weight excluding hydrogens is 246 g/mol. The van der Waals surface area contributed by atoms with Crippen LogP contribution in [0.1, 0.15) is 33.6 Å². The maximum atomic E-state index is 11.7. The van der Waals surface area contributed by atoms with Crippen LogP contribution < -0.4 is 21.5 Å². The summed E-state index contributed by atoms with van der Waals surface area (Å²) in [5, 5.41) is 3.02. The molecule has 1 aromatic rings. The summed E-state index contributed by atoms with van der Waals surface area (Å²) in [5.74, 6) is 0.721. The minimum Gasteiger partial charge on any atom is -0.369 e. The molecule has 3 rings (SSSR count). The lowest BCUT2D eigenvalue weighted by molar-refractivity contribution is 0.0550. The Morgan fingerprint density at radius 2 is 2.16 bits per heavy atom. The monoisotopic (exact) mass is 267 g/mol. The van der Waals surface area contributed by atoms with E-state index in [0.29, 0.717) is 18.2 Å². The van der Waals surface area contributed by atoms with Crippen LogP contribution >= 0.6 is 0 Å². The fraction of sp³-hybridized carbons (Fsp3) is 0.667. The number of anilines is 3. The molecule has 0 aliphatic carbocycles. The topological polar surface area (TPSA) is 96.3 Å². The van der Waals surface area contributed by atoms with Crippen LogP contribution in [-0.2, 0) is 4.74 Å². The number of aromatic amines is 1. The van der Waals surface area contributed by atoms with Crippen molar-refractivity contribution in [1.82, 2.24) is 9.97 Å². The molecule has 106 valence electrons. The zero-order chi connectivity index (χ0) is 14.0. The van der Waals surface area contributed by atoms with Gasteiger partial charge in [0.1, 0.15) is 11.9 Å². The summed E-state index contributed by atoms with van der Waals surface area (Å²) in [5.41, 5.74) is 5.80. The molecule has 3 heterocycles. The molecule has 0 bridgehead atoms. The van der Waals surface area contributed by atoms with Crippen LogP contribution in [0.25, 0.3) is 0 Å². The first-order valence-electron chi connectivity index (χ1n) is 6.71. The fourth-order valence-electron chi connectivity index (χ4n) is 2.33. The minimum atomic E-state index is -0.235. The van der Waals surface area contributed by atoms with Gasteiger partial charge in [-0.05, 0) is 19.8 Å². The van der Waals surface area contributed by atoms with Crippen molar-refractivity contribution in [3.63, 3.8) is 0 Å². The van der Waals surface area contributed by atoms with E-state index in [1.54, 1.807) is 0 Å². The molecule has 0 aromatic carbocycles. The van der Waals surface area contributed by atoms with Crippen LogP contribution in [0, 0.1) is 0 Å². The van der Waals surface area contributed by atoms with Gasteiger partial charge in [-0.25, -0.2) is 0 Å². The molecule has 2 aliphatic rings. The number of H-pyrrole nitrogens is 1. The molecule has 2 atom stereocenters. The van der Waals surface area contributed by atoms with Crippen molar-refractivity contribution in [2.75, 3.05) is 22.6 Å².